The summed E-state index contributed by atoms with van der Waals surface area (Å²) in [5.41, 5.74) is 2.99. The molecule has 0 radical (unpaired) electrons. The van der Waals surface area contributed by atoms with Crippen LogP contribution >= 0.6 is 11.6 Å². The first-order valence-electron chi connectivity index (χ1n) is 15.1. The van der Waals surface area contributed by atoms with Crippen LogP contribution in [0.5, 0.6) is 5.75 Å². The molecule has 0 spiro atoms. The van der Waals surface area contributed by atoms with Crippen LogP contribution in [-0.2, 0) is 39.5 Å². The number of aryl methyl sites for hydroxylation is 1. The molecular formula is C34H39ClN4O6S. The van der Waals surface area contributed by atoms with E-state index < -0.39 is 22.2 Å². The highest BCUT2D eigenvalue weighted by molar-refractivity contribution is 7.89. The highest BCUT2D eigenvalue weighted by Crippen LogP contribution is 2.30. The third-order valence-corrected chi connectivity index (χ3v) is 10.6. The molecule has 1 aliphatic heterocycles. The molecule has 3 aromatic carbocycles. The molecule has 10 nitrogen and oxygen atoms in total. The number of sulfonamides is 1. The second-order valence-electron chi connectivity index (χ2n) is 12.0. The van der Waals surface area contributed by atoms with Crippen molar-refractivity contribution >= 4 is 50.0 Å². The minimum atomic E-state index is -3.86. The third-order valence-electron chi connectivity index (χ3n) is 8.49. The van der Waals surface area contributed by atoms with E-state index in [-0.39, 0.29) is 55.2 Å². The zero-order valence-electron chi connectivity index (χ0n) is 26.3. The summed E-state index contributed by atoms with van der Waals surface area (Å²) in [4.78, 5) is 28.4. The standard InChI is InChI=1S/C34H39ClN4O6S/c1-22-18-39(23(2)21-40)34(42)17-24-15-27(36-33(41)16-25-19-37(3)30-8-6-5-7-29(25)30)11-14-31(24)45-32(22)20-38(4)46(43,44)28-12-9-26(35)10-13-28/h5-15,19,22-23,32,40H,16-18,20-21H2,1-4H3,(H,36,41)/t22-,23-,32+/m1/s1. The lowest BCUT2D eigenvalue weighted by Gasteiger charge is -2.33. The monoisotopic (exact) mass is 666 g/mol. The Kier molecular flexibility index (Phi) is 10.1. The van der Waals surface area contributed by atoms with Crippen LogP contribution in [0.2, 0.25) is 5.02 Å². The first kappa shape index (κ1) is 33.5. The summed E-state index contributed by atoms with van der Waals surface area (Å²) in [6, 6.07) is 18.5. The summed E-state index contributed by atoms with van der Waals surface area (Å²) in [6.07, 6.45) is 1.45. The number of anilines is 1. The van der Waals surface area contributed by atoms with Gasteiger partial charge in [0.25, 0.3) is 0 Å². The number of aliphatic hydroxyl groups excluding tert-OH is 1. The van der Waals surface area contributed by atoms with Gasteiger partial charge in [-0.1, -0.05) is 36.7 Å². The van der Waals surface area contributed by atoms with Gasteiger partial charge in [0.2, 0.25) is 21.8 Å². The number of ether oxygens (including phenoxy) is 1. The average molecular weight is 667 g/mol. The molecule has 2 heterocycles. The zero-order chi connectivity index (χ0) is 33.2. The van der Waals surface area contributed by atoms with E-state index >= 15 is 0 Å². The van der Waals surface area contributed by atoms with E-state index in [1.165, 1.54) is 35.6 Å². The van der Waals surface area contributed by atoms with Gasteiger partial charge in [-0.3, -0.25) is 9.59 Å². The van der Waals surface area contributed by atoms with Crippen LogP contribution in [-0.4, -0.2) is 78.0 Å². The maximum Gasteiger partial charge on any atom is 0.242 e. The Bertz CT molecular complexity index is 1840. The Labute approximate surface area is 274 Å². The van der Waals surface area contributed by atoms with Gasteiger partial charge >= 0.3 is 0 Å². The van der Waals surface area contributed by atoms with E-state index in [1.54, 1.807) is 30.0 Å². The number of aliphatic hydroxyl groups is 1. The summed E-state index contributed by atoms with van der Waals surface area (Å²) in [7, 11) is -0.434. The van der Waals surface area contributed by atoms with Crippen molar-refractivity contribution in [2.45, 2.75) is 43.7 Å². The maximum atomic E-state index is 13.6. The number of hydrogen-bond acceptors (Lipinski definition) is 6. The highest BCUT2D eigenvalue weighted by atomic mass is 35.5. The van der Waals surface area contributed by atoms with Crippen LogP contribution in [0, 0.1) is 5.92 Å². The molecule has 0 saturated heterocycles. The van der Waals surface area contributed by atoms with E-state index in [9.17, 15) is 23.1 Å². The smallest absolute Gasteiger partial charge is 0.242 e. The van der Waals surface area contributed by atoms with Crippen LogP contribution in [0.4, 0.5) is 5.69 Å². The first-order chi connectivity index (χ1) is 21.9. The van der Waals surface area contributed by atoms with Crippen LogP contribution in [0.3, 0.4) is 0 Å². The average Bonchev–Trinajstić information content (AvgIpc) is 3.35. The van der Waals surface area contributed by atoms with Crippen molar-refractivity contribution in [1.82, 2.24) is 13.8 Å². The Morgan fingerprint density at radius 1 is 1.15 bits per heavy atom. The molecule has 2 N–H and O–H groups in total. The Hall–Kier alpha value is -3.90. The zero-order valence-corrected chi connectivity index (χ0v) is 27.9. The first-order valence-corrected chi connectivity index (χ1v) is 16.9. The topological polar surface area (TPSA) is 121 Å². The minimum Gasteiger partial charge on any atom is -0.488 e. The SMILES string of the molecule is C[C@@H]1CN([C@H](C)CO)C(=O)Cc2cc(NC(=O)Cc3cn(C)c4ccccc34)ccc2O[C@H]1CN(C)S(=O)(=O)c1ccc(Cl)cc1. The number of likely N-dealkylation sites (N-methyl/N-ethyl adjacent to an activating group) is 1. The fourth-order valence-corrected chi connectivity index (χ4v) is 7.12. The number of aromatic nitrogens is 1. The van der Waals surface area contributed by atoms with Crippen molar-refractivity contribution < 1.29 is 27.9 Å². The minimum absolute atomic E-state index is 0.00459. The van der Waals surface area contributed by atoms with Gasteiger partial charge in [0, 0.05) is 59.9 Å². The van der Waals surface area contributed by atoms with Gasteiger partial charge < -0.3 is 24.6 Å². The second kappa shape index (κ2) is 13.8. The summed E-state index contributed by atoms with van der Waals surface area (Å²) in [6.45, 7) is 3.68. The fraction of sp³-hybridized carbons (Fsp3) is 0.353. The number of hydrogen-bond donors (Lipinski definition) is 2. The van der Waals surface area contributed by atoms with Gasteiger partial charge in [-0.2, -0.15) is 4.31 Å². The van der Waals surface area contributed by atoms with Gasteiger partial charge in [-0.05, 0) is 61.0 Å². The number of carbonyl (C=O) groups is 2. The van der Waals surface area contributed by atoms with E-state index in [4.69, 9.17) is 16.3 Å². The molecule has 5 rings (SSSR count). The van der Waals surface area contributed by atoms with Crippen molar-refractivity contribution in [1.29, 1.82) is 0 Å². The predicted octanol–water partition coefficient (Wildman–Crippen LogP) is 4.48. The number of amides is 2. The Morgan fingerprint density at radius 3 is 2.59 bits per heavy atom. The Morgan fingerprint density at radius 2 is 1.87 bits per heavy atom. The molecule has 0 bridgehead atoms. The molecule has 12 heteroatoms. The van der Waals surface area contributed by atoms with Crippen molar-refractivity contribution in [3.05, 3.63) is 89.1 Å². The van der Waals surface area contributed by atoms with Gasteiger partial charge in [0.1, 0.15) is 11.9 Å². The molecule has 0 fully saturated rings. The predicted molar refractivity (Wildman–Crippen MR) is 179 cm³/mol. The van der Waals surface area contributed by atoms with Gasteiger partial charge in [-0.15, -0.1) is 0 Å². The van der Waals surface area contributed by atoms with E-state index in [0.29, 0.717) is 22.0 Å². The summed E-state index contributed by atoms with van der Waals surface area (Å²) < 4.78 is 36.5. The molecule has 2 amide bonds. The molecule has 4 aromatic rings. The third kappa shape index (κ3) is 7.23. The molecular weight excluding hydrogens is 628 g/mol. The van der Waals surface area contributed by atoms with Gasteiger partial charge in [-0.25, -0.2) is 8.42 Å². The van der Waals surface area contributed by atoms with Gasteiger partial charge in [0.15, 0.2) is 0 Å². The number of rotatable bonds is 9. The summed E-state index contributed by atoms with van der Waals surface area (Å²) in [5, 5.41) is 14.3. The van der Waals surface area contributed by atoms with Crippen LogP contribution in [0.15, 0.2) is 77.8 Å². The quantitative estimate of drug-likeness (QED) is 0.272. The number of carbonyl (C=O) groups excluding carboxylic acids is 2. The number of nitrogens with one attached hydrogen (secondary N) is 1. The maximum absolute atomic E-state index is 13.6. The van der Waals surface area contributed by atoms with E-state index in [2.05, 4.69) is 5.32 Å². The lowest BCUT2D eigenvalue weighted by atomic mass is 10.0. The van der Waals surface area contributed by atoms with Gasteiger partial charge in [0.05, 0.1) is 36.9 Å². The fourth-order valence-electron chi connectivity index (χ4n) is 5.81. The lowest BCUT2D eigenvalue weighted by molar-refractivity contribution is -0.134. The van der Waals surface area contributed by atoms with Crippen molar-refractivity contribution in [3.63, 3.8) is 0 Å². The molecule has 1 aromatic heterocycles. The molecule has 244 valence electrons. The van der Waals surface area contributed by atoms with Crippen LogP contribution < -0.4 is 10.1 Å². The molecule has 46 heavy (non-hydrogen) atoms. The summed E-state index contributed by atoms with van der Waals surface area (Å²) in [5.74, 6) is -0.289. The molecule has 0 unspecified atom stereocenters. The van der Waals surface area contributed by atoms with Crippen molar-refractivity contribution in [2.75, 3.05) is 32.1 Å². The molecule has 3 atom stereocenters. The normalized spacial score (nSPS) is 18.0. The molecule has 1 aliphatic rings. The van der Waals surface area contributed by atoms with Crippen LogP contribution in [0.25, 0.3) is 10.9 Å². The second-order valence-corrected chi connectivity index (χ2v) is 14.4. The van der Waals surface area contributed by atoms with Crippen molar-refractivity contribution in [2.24, 2.45) is 13.0 Å². The van der Waals surface area contributed by atoms with E-state index in [1.807, 2.05) is 49.0 Å². The van der Waals surface area contributed by atoms with E-state index in [0.717, 1.165) is 16.5 Å². The van der Waals surface area contributed by atoms with Crippen LogP contribution in [0.1, 0.15) is 25.0 Å². The van der Waals surface area contributed by atoms with Crippen molar-refractivity contribution in [3.8, 4) is 5.75 Å². The number of benzene rings is 3. The largest absolute Gasteiger partial charge is 0.488 e. The number of halogens is 1. The number of para-hydroxylation sites is 1. The molecule has 0 saturated carbocycles. The molecule has 0 aliphatic carbocycles. The number of nitrogens with zero attached hydrogens (tertiary/aromatic N) is 3. The number of fused-ring (bicyclic) bond motifs is 2. The Balaban J connectivity index is 1.41. The highest BCUT2D eigenvalue weighted by Gasteiger charge is 2.33. The lowest BCUT2D eigenvalue weighted by Crippen LogP contribution is -2.48. The summed E-state index contributed by atoms with van der Waals surface area (Å²) >= 11 is 5.97.